The van der Waals surface area contributed by atoms with Gasteiger partial charge in [0.1, 0.15) is 22.6 Å². The summed E-state index contributed by atoms with van der Waals surface area (Å²) in [5.74, 6) is 7.90. The van der Waals surface area contributed by atoms with Crippen LogP contribution in [0, 0.1) is 0 Å². The van der Waals surface area contributed by atoms with Crippen LogP contribution in [0.3, 0.4) is 0 Å². The molecule has 0 radical (unpaired) electrons. The molecule has 100 heavy (non-hydrogen) atoms. The number of hydrogen-bond acceptors (Lipinski definition) is 14. The van der Waals surface area contributed by atoms with E-state index < -0.39 is 0 Å². The predicted octanol–water partition coefficient (Wildman–Crippen LogP) is 23.0. The van der Waals surface area contributed by atoms with Crippen molar-refractivity contribution in [2.24, 2.45) is 0 Å². The zero-order valence-corrected chi connectivity index (χ0v) is 62.2. The molecule has 3 aromatic heterocycles. The van der Waals surface area contributed by atoms with E-state index in [2.05, 4.69) is 211 Å². The number of benzene rings is 8. The summed E-state index contributed by atoms with van der Waals surface area (Å²) in [6.07, 6.45) is 10.4. The third-order valence-electron chi connectivity index (χ3n) is 18.4. The second-order valence-electron chi connectivity index (χ2n) is 25.3. The van der Waals surface area contributed by atoms with E-state index >= 15 is 0 Å². The molecule has 2 aliphatic rings. The number of nitrogens with one attached hydrogen (secondary N) is 2. The highest BCUT2D eigenvalue weighted by Gasteiger charge is 2.33. The Morgan fingerprint density at radius 3 is 0.920 bits per heavy atom. The molecule has 0 aliphatic carbocycles. The van der Waals surface area contributed by atoms with Crippen LogP contribution in [0.1, 0.15) is 151 Å². The van der Waals surface area contributed by atoms with Crippen molar-refractivity contribution in [3.8, 4) is 68.5 Å². The number of aromatic amines is 2. The number of fused-ring (bicyclic) bond motifs is 20. The fraction of sp³-hybridized carbons (Fsp3) is 0.333. The summed E-state index contributed by atoms with van der Waals surface area (Å²) < 4.78 is 26.8. The van der Waals surface area contributed by atoms with Gasteiger partial charge in [-0.3, -0.25) is 0 Å². The monoisotopic (exact) mass is 1400 g/mol. The topological polar surface area (TPSA) is 146 Å². The average Bonchev–Trinajstić information content (AvgIpc) is 1.57. The SMILES string of the molecule is CCCCOc1cc2c(cc1OCCCC)-c1nc-2nc2[nH]c(nc3nc(nc4[nH]c(n1)c1c(CC)c(SCc5ccccc5)c(SCc5ccccc5)c(CC)c41)-c1c(CC)c(SCc4ccccc4)c(SCc4ccccc4)c(CC)c1-3)c1cc(OCCCC)c(OCCCC)cc21. The Labute approximate surface area is 605 Å². The van der Waals surface area contributed by atoms with Gasteiger partial charge in [0.25, 0.3) is 0 Å². The molecule has 16 heteroatoms. The summed E-state index contributed by atoms with van der Waals surface area (Å²) in [6.45, 7) is 20.0. The Hall–Kier alpha value is -8.28. The van der Waals surface area contributed by atoms with Gasteiger partial charge in [0.2, 0.25) is 0 Å². The van der Waals surface area contributed by atoms with Gasteiger partial charge in [-0.1, -0.05) is 202 Å². The van der Waals surface area contributed by atoms with Gasteiger partial charge in [-0.15, -0.1) is 47.0 Å². The highest BCUT2D eigenvalue weighted by atomic mass is 32.2. The molecule has 0 saturated heterocycles. The van der Waals surface area contributed by atoms with Gasteiger partial charge in [0.15, 0.2) is 46.3 Å². The number of nitrogens with zero attached hydrogens (tertiary/aromatic N) is 6. The second kappa shape index (κ2) is 33.5. The Balaban J connectivity index is 1.20. The van der Waals surface area contributed by atoms with Gasteiger partial charge in [0, 0.05) is 86.4 Å². The molecule has 0 amide bonds. The summed E-state index contributed by atoms with van der Waals surface area (Å²) in [5, 5.41) is 3.66. The molecule has 12 nitrogen and oxygen atoms in total. The van der Waals surface area contributed by atoms with E-state index in [0.29, 0.717) is 95.3 Å². The smallest absolute Gasteiger partial charge is 0.165 e. The molecule has 0 atom stereocenters. The molecular formula is C84H90N8O4S4. The van der Waals surface area contributed by atoms with Crippen LogP contribution in [0.15, 0.2) is 165 Å². The van der Waals surface area contributed by atoms with Crippen LogP contribution < -0.4 is 18.9 Å². The van der Waals surface area contributed by atoms with Crippen molar-refractivity contribution in [3.63, 3.8) is 0 Å². The van der Waals surface area contributed by atoms with Gasteiger partial charge in [-0.05, 0) is 120 Å². The molecule has 8 aromatic carbocycles. The van der Waals surface area contributed by atoms with Gasteiger partial charge < -0.3 is 28.9 Å². The minimum absolute atomic E-state index is 0.470. The first-order chi connectivity index (χ1) is 49.3. The van der Waals surface area contributed by atoms with Gasteiger partial charge in [-0.25, -0.2) is 29.9 Å². The van der Waals surface area contributed by atoms with Crippen molar-refractivity contribution in [2.45, 2.75) is 175 Å². The molecule has 13 rings (SSSR count). The lowest BCUT2D eigenvalue weighted by atomic mass is 9.93. The molecule has 0 unspecified atom stereocenters. The van der Waals surface area contributed by atoms with E-state index in [4.69, 9.17) is 48.9 Å². The number of aromatic nitrogens is 8. The quantitative estimate of drug-likeness (QED) is 0.0305. The lowest BCUT2D eigenvalue weighted by Crippen LogP contribution is -2.03. The summed E-state index contributed by atoms with van der Waals surface area (Å²) in [6, 6.07) is 51.7. The van der Waals surface area contributed by atoms with Crippen molar-refractivity contribution in [2.75, 3.05) is 26.4 Å². The standard InChI is InChI=1S/C84H90N8O4S4/c1-9-17-41-93-65-45-61-63(47-67(65)95-43-19-11-3)79-86-77(61)85-78-62-46-66(94-42-18-10-2)68(96-44-20-12-4)48-64(62)80(87-78)89-82-70-58(14-6)74(98-50-54-35-27-22-28-36-54)76(100-52-56-39-31-24-32-40-56)60(16-8)72(70)84(91-82)92-83-71-59(15-7)75(99-51-55-37-29-23-30-38-55)73(97-49-53-33-25-21-26-34-53)57(13-5)69(71)81(88-79)90-83/h21-40,45-48H,9-20,41-44,49-52H2,1-8H3,(H2,85,86,87,88,89,90,91,92). The summed E-state index contributed by atoms with van der Waals surface area (Å²) in [4.78, 5) is 47.7. The van der Waals surface area contributed by atoms with Crippen molar-refractivity contribution in [1.82, 2.24) is 39.9 Å². The summed E-state index contributed by atoms with van der Waals surface area (Å²) in [5.41, 5.74) is 15.9. The first kappa shape index (κ1) is 70.2. The number of aryl methyl sites for hydroxylation is 2. The fourth-order valence-corrected chi connectivity index (χ4v) is 18.6. The third kappa shape index (κ3) is 15.2. The van der Waals surface area contributed by atoms with Crippen LogP contribution >= 0.6 is 47.0 Å². The van der Waals surface area contributed by atoms with Crippen LogP contribution in [-0.4, -0.2) is 66.3 Å². The molecule has 11 aromatic rings. The van der Waals surface area contributed by atoms with Crippen molar-refractivity contribution >= 4 is 91.2 Å². The van der Waals surface area contributed by atoms with Crippen molar-refractivity contribution in [3.05, 3.63) is 190 Å². The highest BCUT2D eigenvalue weighted by Crippen LogP contribution is 2.53. The molecule has 8 bridgehead atoms. The fourth-order valence-electron chi connectivity index (χ4n) is 13.2. The van der Waals surface area contributed by atoms with Crippen LogP contribution in [0.25, 0.3) is 89.7 Å². The molecule has 514 valence electrons. The Bertz CT molecular complexity index is 4860. The first-order valence-corrected chi connectivity index (χ1v) is 40.0. The molecule has 5 heterocycles. The van der Waals surface area contributed by atoms with Crippen molar-refractivity contribution < 1.29 is 18.9 Å². The van der Waals surface area contributed by atoms with E-state index in [-0.39, 0.29) is 0 Å². The van der Waals surface area contributed by atoms with Gasteiger partial charge >= 0.3 is 0 Å². The maximum atomic E-state index is 6.72. The van der Waals surface area contributed by atoms with Crippen LogP contribution in [0.4, 0.5) is 0 Å². The van der Waals surface area contributed by atoms with E-state index in [0.717, 1.165) is 144 Å². The van der Waals surface area contributed by atoms with Crippen LogP contribution in [0.2, 0.25) is 0 Å². The lowest BCUT2D eigenvalue weighted by Gasteiger charge is -2.22. The zero-order chi connectivity index (χ0) is 68.9. The number of thioether (sulfide) groups is 4. The Morgan fingerprint density at radius 1 is 0.310 bits per heavy atom. The van der Waals surface area contributed by atoms with E-state index in [1.165, 1.54) is 64.1 Å². The molecular weight excluding hydrogens is 1310 g/mol. The normalized spacial score (nSPS) is 11.8. The number of unbranched alkanes of at least 4 members (excludes halogenated alkanes) is 4. The molecule has 0 spiro atoms. The van der Waals surface area contributed by atoms with Crippen molar-refractivity contribution in [1.29, 1.82) is 0 Å². The molecule has 0 saturated carbocycles. The molecule has 2 aliphatic heterocycles. The molecule has 2 N–H and O–H groups in total. The summed E-state index contributed by atoms with van der Waals surface area (Å²) in [7, 11) is 0. The second-order valence-corrected chi connectivity index (χ2v) is 29.3. The minimum atomic E-state index is 0.470. The maximum Gasteiger partial charge on any atom is 0.165 e. The first-order valence-electron chi connectivity index (χ1n) is 36.1. The van der Waals surface area contributed by atoms with E-state index in [1.54, 1.807) is 0 Å². The average molecular weight is 1400 g/mol. The number of ether oxygens (including phenoxy) is 4. The Morgan fingerprint density at radius 2 is 0.590 bits per heavy atom. The number of hydrogen-bond donors (Lipinski definition) is 2. The van der Waals surface area contributed by atoms with Crippen LogP contribution in [0.5, 0.6) is 23.0 Å². The third-order valence-corrected chi connectivity index (χ3v) is 23.5. The summed E-state index contributed by atoms with van der Waals surface area (Å²) >= 11 is 7.65. The maximum absolute atomic E-state index is 6.72. The van der Waals surface area contributed by atoms with Gasteiger partial charge in [0.05, 0.1) is 26.4 Å². The zero-order valence-electron chi connectivity index (χ0n) is 58.9. The van der Waals surface area contributed by atoms with Gasteiger partial charge in [-0.2, -0.15) is 0 Å². The molecule has 0 fully saturated rings. The van der Waals surface area contributed by atoms with Crippen LogP contribution in [-0.2, 0) is 48.7 Å². The largest absolute Gasteiger partial charge is 0.490 e. The van der Waals surface area contributed by atoms with E-state index in [1.807, 2.05) is 47.0 Å². The van der Waals surface area contributed by atoms with E-state index in [9.17, 15) is 0 Å². The Kier molecular flexibility index (Phi) is 23.5. The minimum Gasteiger partial charge on any atom is -0.490 e. The lowest BCUT2D eigenvalue weighted by molar-refractivity contribution is 0.262. The highest BCUT2D eigenvalue weighted by molar-refractivity contribution is 8.02. The number of H-pyrrole nitrogens is 2. The predicted molar refractivity (Wildman–Crippen MR) is 419 cm³/mol. The number of rotatable bonds is 32.